The highest BCUT2D eigenvalue weighted by atomic mass is 16.6. The van der Waals surface area contributed by atoms with Crippen molar-refractivity contribution in [3.8, 4) is 0 Å². The van der Waals surface area contributed by atoms with E-state index in [0.29, 0.717) is 19.8 Å². The second kappa shape index (κ2) is 13.0. The Morgan fingerprint density at radius 2 is 1.06 bits per heavy atom. The minimum absolute atomic E-state index is 0.0690. The van der Waals surface area contributed by atoms with Crippen molar-refractivity contribution in [2.45, 2.75) is 38.1 Å². The lowest BCUT2D eigenvalue weighted by molar-refractivity contribution is -0.157. The summed E-state index contributed by atoms with van der Waals surface area (Å²) in [6.45, 7) is 0.793. The predicted molar refractivity (Wildman–Crippen MR) is 119 cm³/mol. The van der Waals surface area contributed by atoms with Crippen molar-refractivity contribution in [1.82, 2.24) is 0 Å². The Balaban J connectivity index is 1.61. The van der Waals surface area contributed by atoms with Crippen molar-refractivity contribution in [3.05, 3.63) is 108 Å². The molecule has 3 atom stereocenters. The van der Waals surface area contributed by atoms with Crippen LogP contribution in [0.1, 0.15) is 16.7 Å². The Kier molecular flexibility index (Phi) is 9.70. The van der Waals surface area contributed by atoms with Gasteiger partial charge in [-0.2, -0.15) is 0 Å². The molecule has 0 aliphatic heterocycles. The van der Waals surface area contributed by atoms with Crippen LogP contribution in [0, 0.1) is 0 Å². The number of rotatable bonds is 13. The Hall–Kier alpha value is -2.54. The number of aliphatic hydroxyl groups is 2. The second-order valence-corrected chi connectivity index (χ2v) is 7.35. The van der Waals surface area contributed by atoms with Crippen LogP contribution in [-0.4, -0.2) is 41.7 Å². The first kappa shape index (κ1) is 23.1. The molecule has 164 valence electrons. The standard InChI is InChI=1S/C26H30O5/c27-16-25(30-18-22-12-6-2-7-13-22)26(31-19-23-14-8-3-9-15-23)24(28)20-29-17-21-10-4-1-5-11-21/h1-15,24-28H,16-20H2/t24-,25-,26+/m1/s1. The molecule has 0 heterocycles. The average molecular weight is 423 g/mol. The summed E-state index contributed by atoms with van der Waals surface area (Å²) in [4.78, 5) is 0. The zero-order valence-electron chi connectivity index (χ0n) is 17.5. The van der Waals surface area contributed by atoms with Crippen molar-refractivity contribution >= 4 is 0 Å². The zero-order valence-corrected chi connectivity index (χ0v) is 17.5. The highest BCUT2D eigenvalue weighted by Crippen LogP contribution is 2.16. The van der Waals surface area contributed by atoms with Crippen molar-refractivity contribution in [1.29, 1.82) is 0 Å². The van der Waals surface area contributed by atoms with Crippen LogP contribution < -0.4 is 0 Å². The van der Waals surface area contributed by atoms with Gasteiger partial charge < -0.3 is 24.4 Å². The second-order valence-electron chi connectivity index (χ2n) is 7.35. The molecule has 0 saturated carbocycles. The lowest BCUT2D eigenvalue weighted by Gasteiger charge is -2.30. The Morgan fingerprint density at radius 3 is 1.55 bits per heavy atom. The third-order valence-corrected chi connectivity index (χ3v) is 4.92. The minimum atomic E-state index is -0.958. The van der Waals surface area contributed by atoms with Gasteiger partial charge in [0.2, 0.25) is 0 Å². The van der Waals surface area contributed by atoms with Gasteiger partial charge in [0.15, 0.2) is 0 Å². The summed E-state index contributed by atoms with van der Waals surface area (Å²) in [5.41, 5.74) is 2.98. The molecule has 0 aliphatic carbocycles. The number of aliphatic hydroxyl groups excluding tert-OH is 2. The predicted octanol–water partition coefficient (Wildman–Crippen LogP) is 3.73. The first-order valence-corrected chi connectivity index (χ1v) is 10.5. The van der Waals surface area contributed by atoms with E-state index < -0.39 is 18.3 Å². The molecular formula is C26H30O5. The van der Waals surface area contributed by atoms with Crippen LogP contribution in [0.25, 0.3) is 0 Å². The lowest BCUT2D eigenvalue weighted by atomic mass is 10.1. The first-order chi connectivity index (χ1) is 15.3. The van der Waals surface area contributed by atoms with Crippen molar-refractivity contribution < 1.29 is 24.4 Å². The van der Waals surface area contributed by atoms with E-state index in [0.717, 1.165) is 16.7 Å². The van der Waals surface area contributed by atoms with Crippen LogP contribution >= 0.6 is 0 Å². The van der Waals surface area contributed by atoms with E-state index in [2.05, 4.69) is 0 Å². The molecule has 2 N–H and O–H groups in total. The molecule has 3 aromatic carbocycles. The smallest absolute Gasteiger partial charge is 0.114 e. The summed E-state index contributed by atoms with van der Waals surface area (Å²) in [7, 11) is 0. The third-order valence-electron chi connectivity index (χ3n) is 4.92. The van der Waals surface area contributed by atoms with Crippen LogP contribution in [0.15, 0.2) is 91.0 Å². The highest BCUT2D eigenvalue weighted by Gasteiger charge is 2.30. The average Bonchev–Trinajstić information content (AvgIpc) is 2.83. The van der Waals surface area contributed by atoms with Crippen LogP contribution in [0.5, 0.6) is 0 Å². The molecular weight excluding hydrogens is 392 g/mol. The van der Waals surface area contributed by atoms with E-state index >= 15 is 0 Å². The number of hydrogen-bond donors (Lipinski definition) is 2. The molecule has 0 aliphatic rings. The molecule has 0 bridgehead atoms. The third kappa shape index (κ3) is 7.90. The molecule has 0 aromatic heterocycles. The van der Waals surface area contributed by atoms with Gasteiger partial charge in [0.05, 0.1) is 33.0 Å². The summed E-state index contributed by atoms with van der Waals surface area (Å²) < 4.78 is 17.6. The molecule has 5 nitrogen and oxygen atoms in total. The lowest BCUT2D eigenvalue weighted by Crippen LogP contribution is -2.45. The Bertz CT molecular complexity index is 841. The summed E-state index contributed by atoms with van der Waals surface area (Å²) >= 11 is 0. The summed E-state index contributed by atoms with van der Waals surface area (Å²) in [5.74, 6) is 0. The van der Waals surface area contributed by atoms with Gasteiger partial charge in [0, 0.05) is 0 Å². The SMILES string of the molecule is OC[C@@H](OCc1ccccc1)[C@@H](OCc1ccccc1)[C@H](O)COCc1ccccc1. The molecule has 0 saturated heterocycles. The Morgan fingerprint density at radius 1 is 0.613 bits per heavy atom. The zero-order chi connectivity index (χ0) is 21.7. The van der Waals surface area contributed by atoms with Gasteiger partial charge in [-0.15, -0.1) is 0 Å². The van der Waals surface area contributed by atoms with Gasteiger partial charge in [0.1, 0.15) is 18.3 Å². The molecule has 5 heteroatoms. The molecule has 3 rings (SSSR count). The Labute approximate surface area is 183 Å². The van der Waals surface area contributed by atoms with Gasteiger partial charge >= 0.3 is 0 Å². The molecule has 0 unspecified atom stereocenters. The molecule has 0 fully saturated rings. The van der Waals surface area contributed by atoms with Crippen LogP contribution in [0.3, 0.4) is 0 Å². The number of benzene rings is 3. The molecule has 0 radical (unpaired) electrons. The van der Waals surface area contributed by atoms with E-state index in [1.165, 1.54) is 0 Å². The normalized spacial score (nSPS) is 14.1. The van der Waals surface area contributed by atoms with Crippen molar-refractivity contribution in [2.24, 2.45) is 0 Å². The minimum Gasteiger partial charge on any atom is -0.394 e. The monoisotopic (exact) mass is 422 g/mol. The highest BCUT2D eigenvalue weighted by molar-refractivity contribution is 5.15. The number of hydrogen-bond acceptors (Lipinski definition) is 5. The van der Waals surface area contributed by atoms with Gasteiger partial charge in [-0.25, -0.2) is 0 Å². The number of ether oxygens (including phenoxy) is 3. The van der Waals surface area contributed by atoms with Crippen molar-refractivity contribution in [3.63, 3.8) is 0 Å². The van der Waals surface area contributed by atoms with Gasteiger partial charge in [-0.1, -0.05) is 91.0 Å². The van der Waals surface area contributed by atoms with Crippen molar-refractivity contribution in [2.75, 3.05) is 13.2 Å². The van der Waals surface area contributed by atoms with E-state index in [9.17, 15) is 10.2 Å². The van der Waals surface area contributed by atoms with Gasteiger partial charge in [0.25, 0.3) is 0 Å². The van der Waals surface area contributed by atoms with E-state index in [1.54, 1.807) is 0 Å². The summed E-state index contributed by atoms with van der Waals surface area (Å²) in [6, 6.07) is 29.2. The molecule has 0 amide bonds. The van der Waals surface area contributed by atoms with Crippen LogP contribution in [0.2, 0.25) is 0 Å². The maximum Gasteiger partial charge on any atom is 0.114 e. The molecule has 31 heavy (non-hydrogen) atoms. The van der Waals surface area contributed by atoms with Crippen LogP contribution in [0.4, 0.5) is 0 Å². The van der Waals surface area contributed by atoms with Crippen LogP contribution in [-0.2, 0) is 34.0 Å². The quantitative estimate of drug-likeness (QED) is 0.439. The fourth-order valence-corrected chi connectivity index (χ4v) is 3.23. The fourth-order valence-electron chi connectivity index (χ4n) is 3.23. The first-order valence-electron chi connectivity index (χ1n) is 10.5. The van der Waals surface area contributed by atoms with E-state index in [-0.39, 0.29) is 13.2 Å². The topological polar surface area (TPSA) is 68.2 Å². The van der Waals surface area contributed by atoms with E-state index in [1.807, 2.05) is 91.0 Å². The van der Waals surface area contributed by atoms with Gasteiger partial charge in [-0.3, -0.25) is 0 Å². The molecule has 3 aromatic rings. The molecule has 0 spiro atoms. The largest absolute Gasteiger partial charge is 0.394 e. The maximum absolute atomic E-state index is 10.8. The van der Waals surface area contributed by atoms with E-state index in [4.69, 9.17) is 14.2 Å². The van der Waals surface area contributed by atoms with Gasteiger partial charge in [-0.05, 0) is 16.7 Å². The summed E-state index contributed by atoms with van der Waals surface area (Å²) in [6.07, 6.45) is -2.40. The maximum atomic E-state index is 10.8. The fraction of sp³-hybridized carbons (Fsp3) is 0.308. The summed E-state index contributed by atoms with van der Waals surface area (Å²) in [5, 5.41) is 20.8.